The molecular formula is C16H20B12Br2N6O2. The van der Waals surface area contributed by atoms with Crippen LogP contribution in [0.2, 0.25) is 0 Å². The summed E-state index contributed by atoms with van der Waals surface area (Å²) in [4.78, 5) is 28.8. The molecule has 8 nitrogen and oxygen atoms in total. The molecule has 2 aromatic rings. The van der Waals surface area contributed by atoms with E-state index in [1.807, 2.05) is 20.8 Å². The molecule has 0 aliphatic rings. The standard InChI is InChI=1S/C12H16BrN3O2.C4H4BrN3.B12/c1-5-6-16(11(17)18-12(2,3)4)10-9(13)7-14-8-15-10;5-3-1-7-2-8-4(3)6;1-8(2)11(7)12(9(3)4)10(5)6/h5,7-8H,1,6H2,2-4H3;1-2H,(H2,6,7,8);. The molecule has 0 aliphatic heterocycles. The zero-order valence-corrected chi connectivity index (χ0v) is 24.8. The van der Waals surface area contributed by atoms with E-state index in [9.17, 15) is 4.79 Å². The summed E-state index contributed by atoms with van der Waals surface area (Å²) in [6.45, 7) is 9.37. The van der Waals surface area contributed by atoms with E-state index in [-0.39, 0.29) is 0 Å². The number of halogens is 2. The van der Waals surface area contributed by atoms with Crippen molar-refractivity contribution >= 4 is 136 Å². The molecule has 2 aromatic heterocycles. The Labute approximate surface area is 254 Å². The topological polar surface area (TPSA) is 107 Å². The van der Waals surface area contributed by atoms with Crippen LogP contribution in [-0.4, -0.2) is 124 Å². The number of nitrogens with two attached hydrogens (primary N) is 1. The molecule has 14 radical (unpaired) electrons. The van der Waals surface area contributed by atoms with Gasteiger partial charge in [-0.25, -0.2) is 24.7 Å². The minimum Gasteiger partial charge on any atom is -0.443 e. The molecule has 0 saturated carbocycles. The lowest BCUT2D eigenvalue weighted by Crippen LogP contribution is -2.67. The van der Waals surface area contributed by atoms with Crippen LogP contribution >= 0.6 is 31.9 Å². The molecule has 2 heterocycles. The van der Waals surface area contributed by atoms with Gasteiger partial charge in [0, 0.05) is 105 Å². The van der Waals surface area contributed by atoms with Crippen molar-refractivity contribution in [2.45, 2.75) is 26.4 Å². The van der Waals surface area contributed by atoms with Gasteiger partial charge in [-0.15, -0.1) is 6.58 Å². The molecule has 1 amide bonds. The minimum atomic E-state index is -0.723. The summed E-state index contributed by atoms with van der Waals surface area (Å²) in [5, 5.41) is 0. The highest BCUT2D eigenvalue weighted by molar-refractivity contribution is 9.11. The van der Waals surface area contributed by atoms with Crippen LogP contribution in [0.25, 0.3) is 0 Å². The number of ether oxygens (including phenoxy) is 1. The van der Waals surface area contributed by atoms with E-state index in [2.05, 4.69) is 58.4 Å². The Morgan fingerprint density at radius 1 is 1.00 bits per heavy atom. The lowest BCUT2D eigenvalue weighted by Gasteiger charge is -2.29. The molecule has 0 fully saturated rings. The first kappa shape index (κ1) is 36.7. The van der Waals surface area contributed by atoms with E-state index < -0.39 is 43.6 Å². The highest BCUT2D eigenvalue weighted by Crippen LogP contribution is 2.23. The van der Waals surface area contributed by atoms with Gasteiger partial charge in [0.2, 0.25) is 0 Å². The Kier molecular flexibility index (Phi) is 17.5. The van der Waals surface area contributed by atoms with Gasteiger partial charge in [0.05, 0.1) is 8.95 Å². The molecule has 0 aromatic carbocycles. The van der Waals surface area contributed by atoms with Crippen LogP contribution in [0.3, 0.4) is 0 Å². The maximum Gasteiger partial charge on any atom is 0.416 e. The Morgan fingerprint density at radius 3 is 1.82 bits per heavy atom. The van der Waals surface area contributed by atoms with Crippen LogP contribution < -0.4 is 10.6 Å². The fourth-order valence-electron chi connectivity index (χ4n) is 2.55. The van der Waals surface area contributed by atoms with Gasteiger partial charge in [0.25, 0.3) is 0 Å². The van der Waals surface area contributed by atoms with E-state index in [0.717, 1.165) is 4.47 Å². The number of rotatable bonds is 7. The summed E-state index contributed by atoms with van der Waals surface area (Å²) in [5.41, 5.74) is 4.76. The normalized spacial score (nSPS) is 9.82. The molecule has 0 bridgehead atoms. The molecule has 22 heteroatoms. The van der Waals surface area contributed by atoms with Crippen molar-refractivity contribution in [1.82, 2.24) is 19.9 Å². The average Bonchev–Trinajstić information content (AvgIpc) is 2.79. The van der Waals surface area contributed by atoms with E-state index >= 15 is 0 Å². The van der Waals surface area contributed by atoms with Crippen molar-refractivity contribution in [3.63, 3.8) is 0 Å². The third-order valence-corrected chi connectivity index (χ3v) is 5.47. The molecule has 0 saturated heterocycles. The highest BCUT2D eigenvalue weighted by atomic mass is 79.9. The molecule has 0 unspecified atom stereocenters. The van der Waals surface area contributed by atoms with Crippen LogP contribution in [0.15, 0.2) is 46.6 Å². The summed E-state index contributed by atoms with van der Waals surface area (Å²) in [5.74, 6) is 0.930. The summed E-state index contributed by atoms with van der Waals surface area (Å²) in [6, 6.07) is 0. The Balaban J connectivity index is 0.000000588. The van der Waals surface area contributed by atoms with Crippen molar-refractivity contribution in [2.24, 2.45) is 0 Å². The summed E-state index contributed by atoms with van der Waals surface area (Å²) in [7, 11) is 37.9. The van der Waals surface area contributed by atoms with E-state index in [1.165, 1.54) is 17.6 Å². The monoisotopic (exact) mass is 618 g/mol. The van der Waals surface area contributed by atoms with Crippen LogP contribution in [0.1, 0.15) is 20.8 Å². The van der Waals surface area contributed by atoms with Gasteiger partial charge in [-0.3, -0.25) is 4.90 Å². The second kappa shape index (κ2) is 18.1. The van der Waals surface area contributed by atoms with Gasteiger partial charge in [-0.05, 0) is 52.6 Å². The average molecular weight is 618 g/mol. The van der Waals surface area contributed by atoms with Gasteiger partial charge >= 0.3 is 6.09 Å². The van der Waals surface area contributed by atoms with Crippen molar-refractivity contribution in [3.05, 3.63) is 46.6 Å². The summed E-state index contributed by atoms with van der Waals surface area (Å²) < 4.78 is 6.68. The predicted octanol–water partition coefficient (Wildman–Crippen LogP) is -0.582. The van der Waals surface area contributed by atoms with Crippen LogP contribution in [0, 0.1) is 0 Å². The molecule has 38 heavy (non-hydrogen) atoms. The fourth-order valence-corrected chi connectivity index (χ4v) is 3.20. The second-order valence-corrected chi connectivity index (χ2v) is 10.4. The zero-order valence-electron chi connectivity index (χ0n) is 21.6. The number of carbonyl (C=O) groups is 1. The van der Waals surface area contributed by atoms with Gasteiger partial charge < -0.3 is 10.5 Å². The number of nitrogen functional groups attached to an aromatic ring is 1. The maximum absolute atomic E-state index is 12.1. The molecule has 2 N–H and O–H groups in total. The Morgan fingerprint density at radius 2 is 1.50 bits per heavy atom. The van der Waals surface area contributed by atoms with E-state index in [0.29, 0.717) is 22.7 Å². The SMILES string of the molecule is C=CCN(C(=O)OC(C)(C)C)c1ncncc1Br.Nc1ncncc1Br.[B]B([B])B([B])B(B([B])[B])B([B])[B]. The van der Waals surface area contributed by atoms with Gasteiger partial charge in [0.15, 0.2) is 5.82 Å². The molecule has 0 spiro atoms. The number of hydrogen-bond acceptors (Lipinski definition) is 7. The van der Waals surface area contributed by atoms with Crippen molar-refractivity contribution in [2.75, 3.05) is 17.2 Å². The lowest BCUT2D eigenvalue weighted by molar-refractivity contribution is 0.0583. The predicted molar refractivity (Wildman–Crippen MR) is 177 cm³/mol. The Bertz CT molecular complexity index is 978. The van der Waals surface area contributed by atoms with Gasteiger partial charge in [-0.1, -0.05) is 6.08 Å². The van der Waals surface area contributed by atoms with Crippen molar-refractivity contribution in [1.29, 1.82) is 0 Å². The molecule has 0 atom stereocenters. The number of carbonyl (C=O) groups excluding carboxylic acids is 1. The molecule has 0 aliphatic carbocycles. The van der Waals surface area contributed by atoms with Gasteiger partial charge in [-0.2, -0.15) is 0 Å². The first-order valence-corrected chi connectivity index (χ1v) is 12.7. The Hall–Kier alpha value is -1.29. The molecule has 176 valence electrons. The summed E-state index contributed by atoms with van der Waals surface area (Å²) in [6.07, 6.45) is 3.87. The number of nitrogens with zero attached hydrogens (tertiary/aromatic N) is 5. The number of hydrogen-bond donors (Lipinski definition) is 1. The first-order valence-electron chi connectivity index (χ1n) is 11.1. The zero-order chi connectivity index (χ0) is 29.6. The maximum atomic E-state index is 12.1. The quantitative estimate of drug-likeness (QED) is 0.327. The summed E-state index contributed by atoms with van der Waals surface area (Å²) >= 11 is 6.45. The molecule has 2 rings (SSSR count). The first-order chi connectivity index (χ1) is 17.5. The largest absolute Gasteiger partial charge is 0.443 e. The number of aromatic nitrogens is 4. The highest BCUT2D eigenvalue weighted by Gasteiger charge is 2.30. The van der Waals surface area contributed by atoms with Crippen LogP contribution in [0.4, 0.5) is 16.4 Å². The lowest BCUT2D eigenvalue weighted by atomic mass is 8.53. The van der Waals surface area contributed by atoms with E-state index in [4.69, 9.17) is 64.6 Å². The van der Waals surface area contributed by atoms with Crippen molar-refractivity contribution < 1.29 is 9.53 Å². The smallest absolute Gasteiger partial charge is 0.416 e. The van der Waals surface area contributed by atoms with Crippen LogP contribution in [0.5, 0.6) is 0 Å². The minimum absolute atomic E-state index is 0.310. The number of anilines is 2. The second-order valence-electron chi connectivity index (χ2n) is 8.72. The van der Waals surface area contributed by atoms with Crippen molar-refractivity contribution in [3.8, 4) is 0 Å². The third kappa shape index (κ3) is 14.2. The van der Waals surface area contributed by atoms with Crippen LogP contribution in [-0.2, 0) is 4.74 Å². The van der Waals surface area contributed by atoms with Gasteiger partial charge in [0.1, 0.15) is 24.1 Å². The fraction of sp³-hybridized carbons (Fsp3) is 0.312. The number of amides is 1. The van der Waals surface area contributed by atoms with E-state index in [1.54, 1.807) is 18.5 Å². The molecular weight excluding hydrogens is 598 g/mol. The third-order valence-electron chi connectivity index (χ3n) is 4.30.